The van der Waals surface area contributed by atoms with Crippen molar-refractivity contribution in [1.29, 1.82) is 0 Å². The van der Waals surface area contributed by atoms with Crippen LogP contribution < -0.4 is 0 Å². The lowest BCUT2D eigenvalue weighted by Gasteiger charge is -2.19. The molecule has 106 valence electrons. The average molecular weight is 302 g/mol. The number of rotatable bonds is 5. The zero-order chi connectivity index (χ0) is 14.2. The lowest BCUT2D eigenvalue weighted by atomic mass is 10.1. The minimum absolute atomic E-state index is 0.329. The Balaban J connectivity index is 2.40. The van der Waals surface area contributed by atoms with Gasteiger partial charge in [-0.15, -0.1) is 11.6 Å². The first kappa shape index (κ1) is 14.8. The Kier molecular flexibility index (Phi) is 4.23. The normalized spacial score (nSPS) is 16.1. The van der Waals surface area contributed by atoms with Crippen molar-refractivity contribution in [1.82, 2.24) is 4.31 Å². The van der Waals surface area contributed by atoms with E-state index in [-0.39, 0.29) is 0 Å². The first-order valence-electron chi connectivity index (χ1n) is 6.48. The van der Waals surface area contributed by atoms with Gasteiger partial charge in [-0.2, -0.15) is 0 Å². The molecule has 0 N–H and O–H groups in total. The maximum Gasteiger partial charge on any atom is 0.243 e. The van der Waals surface area contributed by atoms with Gasteiger partial charge in [-0.05, 0) is 55.4 Å². The fourth-order valence-electron chi connectivity index (χ4n) is 2.17. The van der Waals surface area contributed by atoms with Crippen molar-refractivity contribution in [2.75, 3.05) is 13.6 Å². The summed E-state index contributed by atoms with van der Waals surface area (Å²) in [5.74, 6) is 0.869. The fraction of sp³-hybridized carbons (Fsp3) is 0.571. The van der Waals surface area contributed by atoms with E-state index in [1.165, 1.54) is 4.31 Å². The molecule has 0 atom stereocenters. The topological polar surface area (TPSA) is 37.4 Å². The molecule has 1 aromatic rings. The van der Waals surface area contributed by atoms with Crippen LogP contribution in [0.5, 0.6) is 0 Å². The molecule has 0 unspecified atom stereocenters. The monoisotopic (exact) mass is 301 g/mol. The van der Waals surface area contributed by atoms with Gasteiger partial charge in [-0.3, -0.25) is 0 Å². The molecule has 5 heteroatoms. The number of hydrogen-bond acceptors (Lipinski definition) is 2. The van der Waals surface area contributed by atoms with Crippen molar-refractivity contribution in [3.63, 3.8) is 0 Å². The quantitative estimate of drug-likeness (QED) is 0.784. The smallest absolute Gasteiger partial charge is 0.207 e. The third-order valence-corrected chi connectivity index (χ3v) is 5.99. The number of benzene rings is 1. The van der Waals surface area contributed by atoms with Crippen LogP contribution in [0.2, 0.25) is 0 Å². The Morgan fingerprint density at radius 3 is 2.47 bits per heavy atom. The number of nitrogens with zero attached hydrogens (tertiary/aromatic N) is 1. The van der Waals surface area contributed by atoms with Crippen molar-refractivity contribution in [2.45, 2.75) is 37.5 Å². The third kappa shape index (κ3) is 3.12. The number of alkyl halides is 1. The van der Waals surface area contributed by atoms with Crippen molar-refractivity contribution >= 4 is 21.6 Å². The van der Waals surface area contributed by atoms with E-state index in [0.717, 1.165) is 29.5 Å². The first-order chi connectivity index (χ1) is 8.86. The van der Waals surface area contributed by atoms with E-state index < -0.39 is 10.0 Å². The average Bonchev–Trinajstić information content (AvgIpc) is 3.15. The standard InChI is InChI=1S/C14H20ClNO2S/c1-10-6-13(8-15)7-14(11(10)2)19(17,18)16(3)9-12-4-5-12/h6-7,12H,4-5,8-9H2,1-3H3. The highest BCUT2D eigenvalue weighted by atomic mass is 35.5. The maximum atomic E-state index is 12.6. The summed E-state index contributed by atoms with van der Waals surface area (Å²) in [7, 11) is -1.74. The summed E-state index contributed by atoms with van der Waals surface area (Å²) >= 11 is 5.84. The summed E-state index contributed by atoms with van der Waals surface area (Å²) in [6.45, 7) is 4.39. The Hall–Kier alpha value is -0.580. The molecule has 0 bridgehead atoms. The Labute approximate surface area is 120 Å². The van der Waals surface area contributed by atoms with Crippen LogP contribution in [0, 0.1) is 19.8 Å². The minimum atomic E-state index is -3.41. The minimum Gasteiger partial charge on any atom is -0.207 e. The van der Waals surface area contributed by atoms with E-state index in [0.29, 0.717) is 23.2 Å². The lowest BCUT2D eigenvalue weighted by molar-refractivity contribution is 0.452. The number of aryl methyl sites for hydroxylation is 1. The molecular formula is C14H20ClNO2S. The first-order valence-corrected chi connectivity index (χ1v) is 8.46. The molecule has 0 aromatic heterocycles. The second-order valence-electron chi connectivity index (χ2n) is 5.40. The molecule has 3 nitrogen and oxygen atoms in total. The Morgan fingerprint density at radius 2 is 1.95 bits per heavy atom. The number of halogens is 1. The van der Waals surface area contributed by atoms with Gasteiger partial charge in [-0.1, -0.05) is 6.07 Å². The molecule has 0 spiro atoms. The molecule has 2 rings (SSSR count). The van der Waals surface area contributed by atoms with Crippen LogP contribution >= 0.6 is 11.6 Å². The third-order valence-electron chi connectivity index (χ3n) is 3.73. The van der Waals surface area contributed by atoms with Gasteiger partial charge in [0.1, 0.15) is 0 Å². The molecule has 1 fully saturated rings. The summed E-state index contributed by atoms with van der Waals surface area (Å²) in [6.07, 6.45) is 2.28. The number of hydrogen-bond donors (Lipinski definition) is 0. The molecule has 1 saturated carbocycles. The number of sulfonamides is 1. The SMILES string of the molecule is Cc1cc(CCl)cc(S(=O)(=O)N(C)CC2CC2)c1C. The summed E-state index contributed by atoms with van der Waals surface area (Å²) in [5.41, 5.74) is 2.64. The molecule has 1 aliphatic rings. The van der Waals surface area contributed by atoms with E-state index >= 15 is 0 Å². The molecule has 0 saturated heterocycles. The van der Waals surface area contributed by atoms with Crippen LogP contribution in [-0.2, 0) is 15.9 Å². The summed E-state index contributed by atoms with van der Waals surface area (Å²) in [6, 6.07) is 3.65. The molecule has 0 heterocycles. The van der Waals surface area contributed by atoms with E-state index in [2.05, 4.69) is 0 Å². The Bertz CT molecular complexity index is 579. The van der Waals surface area contributed by atoms with Crippen LogP contribution in [0.3, 0.4) is 0 Å². The second kappa shape index (κ2) is 5.43. The van der Waals surface area contributed by atoms with Gasteiger partial charge >= 0.3 is 0 Å². The lowest BCUT2D eigenvalue weighted by Crippen LogP contribution is -2.29. The maximum absolute atomic E-state index is 12.6. The Morgan fingerprint density at radius 1 is 1.32 bits per heavy atom. The van der Waals surface area contributed by atoms with Crippen LogP contribution in [0.4, 0.5) is 0 Å². The van der Waals surface area contributed by atoms with Gasteiger partial charge < -0.3 is 0 Å². The van der Waals surface area contributed by atoms with E-state index in [1.807, 2.05) is 19.9 Å². The van der Waals surface area contributed by atoms with Crippen molar-refractivity contribution in [3.05, 3.63) is 28.8 Å². The summed E-state index contributed by atoms with van der Waals surface area (Å²) in [5, 5.41) is 0. The highest BCUT2D eigenvalue weighted by molar-refractivity contribution is 7.89. The van der Waals surface area contributed by atoms with Crippen LogP contribution in [0.1, 0.15) is 29.5 Å². The van der Waals surface area contributed by atoms with Gasteiger partial charge in [0.2, 0.25) is 10.0 Å². The molecule has 0 aliphatic heterocycles. The fourth-order valence-corrected chi connectivity index (χ4v) is 3.92. The van der Waals surface area contributed by atoms with Crippen molar-refractivity contribution in [2.24, 2.45) is 5.92 Å². The predicted octanol–water partition coefficient (Wildman–Crippen LogP) is 3.07. The highest BCUT2D eigenvalue weighted by Crippen LogP contribution is 2.32. The molecule has 0 amide bonds. The van der Waals surface area contributed by atoms with E-state index in [1.54, 1.807) is 13.1 Å². The largest absolute Gasteiger partial charge is 0.243 e. The predicted molar refractivity (Wildman–Crippen MR) is 78.0 cm³/mol. The molecule has 1 aliphatic carbocycles. The van der Waals surface area contributed by atoms with Crippen LogP contribution in [0.25, 0.3) is 0 Å². The van der Waals surface area contributed by atoms with E-state index in [9.17, 15) is 8.42 Å². The van der Waals surface area contributed by atoms with Gasteiger partial charge in [0.25, 0.3) is 0 Å². The van der Waals surface area contributed by atoms with Gasteiger partial charge in [0, 0.05) is 19.5 Å². The van der Waals surface area contributed by atoms with Gasteiger partial charge in [0.05, 0.1) is 4.90 Å². The zero-order valence-electron chi connectivity index (χ0n) is 11.6. The zero-order valence-corrected chi connectivity index (χ0v) is 13.2. The molecule has 1 aromatic carbocycles. The summed E-state index contributed by atoms with van der Waals surface area (Å²) < 4.78 is 26.7. The van der Waals surface area contributed by atoms with Crippen LogP contribution in [0.15, 0.2) is 17.0 Å². The van der Waals surface area contributed by atoms with E-state index in [4.69, 9.17) is 11.6 Å². The molecule has 19 heavy (non-hydrogen) atoms. The van der Waals surface area contributed by atoms with Crippen molar-refractivity contribution < 1.29 is 8.42 Å². The van der Waals surface area contributed by atoms with Crippen molar-refractivity contribution in [3.8, 4) is 0 Å². The van der Waals surface area contributed by atoms with Crippen LogP contribution in [-0.4, -0.2) is 26.3 Å². The molecular weight excluding hydrogens is 282 g/mol. The van der Waals surface area contributed by atoms with Gasteiger partial charge in [0.15, 0.2) is 0 Å². The second-order valence-corrected chi connectivity index (χ2v) is 7.68. The molecule has 0 radical (unpaired) electrons. The van der Waals surface area contributed by atoms with Gasteiger partial charge in [-0.25, -0.2) is 12.7 Å². The highest BCUT2D eigenvalue weighted by Gasteiger charge is 2.30. The summed E-state index contributed by atoms with van der Waals surface area (Å²) in [4.78, 5) is 0.395.